The van der Waals surface area contributed by atoms with Gasteiger partial charge in [0.1, 0.15) is 6.23 Å². The zero-order valence-electron chi connectivity index (χ0n) is 23.9. The second-order valence-corrected chi connectivity index (χ2v) is 11.0. The van der Waals surface area contributed by atoms with Crippen LogP contribution < -0.4 is 11.5 Å². The van der Waals surface area contributed by atoms with Gasteiger partial charge in [0.2, 0.25) is 0 Å². The van der Waals surface area contributed by atoms with Gasteiger partial charge in [0.15, 0.2) is 5.96 Å². The van der Waals surface area contributed by atoms with Gasteiger partial charge >= 0.3 is 0 Å². The molecule has 1 atom stereocenters. The first-order valence-electron chi connectivity index (χ1n) is 15.9. The molecule has 0 heterocycles. The van der Waals surface area contributed by atoms with Crippen molar-refractivity contribution in [3.63, 3.8) is 0 Å². The standard InChI is InChI=1S/C31H65N3O/c1-2-3-4-5-6-7-8-9-10-11-12-13-14-15-16-17-18-19-20-21-22-23-24-25-26-27-28-29-30(35)34-31(32)33/h30,35H,2-29H2,1H3,(H4,32,33,34). The van der Waals surface area contributed by atoms with Crippen molar-refractivity contribution in [1.82, 2.24) is 0 Å². The highest BCUT2D eigenvalue weighted by atomic mass is 16.3. The predicted octanol–water partition coefficient (Wildman–Crippen LogP) is 9.52. The normalized spacial score (nSPS) is 12.2. The van der Waals surface area contributed by atoms with Gasteiger partial charge in [0, 0.05) is 0 Å². The van der Waals surface area contributed by atoms with Crippen LogP contribution in [0.15, 0.2) is 4.99 Å². The molecule has 4 nitrogen and oxygen atoms in total. The Morgan fingerprint density at radius 2 is 0.686 bits per heavy atom. The molecule has 0 saturated heterocycles. The Balaban J connectivity index is 3.07. The number of aliphatic hydroxyl groups is 1. The van der Waals surface area contributed by atoms with E-state index >= 15 is 0 Å². The van der Waals surface area contributed by atoms with Gasteiger partial charge in [-0.1, -0.05) is 174 Å². The summed E-state index contributed by atoms with van der Waals surface area (Å²) < 4.78 is 0. The second-order valence-electron chi connectivity index (χ2n) is 11.0. The molecule has 1 unspecified atom stereocenters. The van der Waals surface area contributed by atoms with Crippen molar-refractivity contribution in [2.45, 2.75) is 193 Å². The Kier molecular flexibility index (Phi) is 28.8. The molecule has 0 aliphatic rings. The molecule has 0 aromatic rings. The third kappa shape index (κ3) is 31.2. The molecule has 0 rings (SSSR count). The van der Waals surface area contributed by atoms with Crippen LogP contribution in [0.5, 0.6) is 0 Å². The van der Waals surface area contributed by atoms with Crippen LogP contribution in [0.4, 0.5) is 0 Å². The average Bonchev–Trinajstić information content (AvgIpc) is 2.83. The van der Waals surface area contributed by atoms with Crippen LogP contribution in [0.3, 0.4) is 0 Å². The molecule has 0 spiro atoms. The molecule has 0 fully saturated rings. The summed E-state index contributed by atoms with van der Waals surface area (Å²) in [5.41, 5.74) is 10.5. The maximum Gasteiger partial charge on any atom is 0.188 e. The quantitative estimate of drug-likeness (QED) is 0.0548. The number of aliphatic imine (C=N–C) groups is 1. The Labute approximate surface area is 220 Å². The lowest BCUT2D eigenvalue weighted by Gasteiger charge is -2.06. The topological polar surface area (TPSA) is 84.6 Å². The van der Waals surface area contributed by atoms with E-state index in [4.69, 9.17) is 11.5 Å². The highest BCUT2D eigenvalue weighted by Gasteiger charge is 2.01. The van der Waals surface area contributed by atoms with Gasteiger partial charge in [-0.3, -0.25) is 0 Å². The number of nitrogens with two attached hydrogens (primary N) is 2. The lowest BCUT2D eigenvalue weighted by atomic mass is 10.0. The zero-order valence-corrected chi connectivity index (χ0v) is 23.9. The van der Waals surface area contributed by atoms with Gasteiger partial charge in [-0.05, 0) is 12.8 Å². The first-order chi connectivity index (χ1) is 17.2. The highest BCUT2D eigenvalue weighted by molar-refractivity contribution is 5.75. The number of guanidine groups is 1. The molecule has 0 bridgehead atoms. The van der Waals surface area contributed by atoms with Crippen molar-refractivity contribution in [2.24, 2.45) is 16.5 Å². The van der Waals surface area contributed by atoms with Crippen molar-refractivity contribution in [3.05, 3.63) is 0 Å². The molecule has 0 aliphatic carbocycles. The molecule has 210 valence electrons. The molecule has 0 aliphatic heterocycles. The molecule has 35 heavy (non-hydrogen) atoms. The average molecular weight is 496 g/mol. The Bertz CT molecular complexity index is 423. The van der Waals surface area contributed by atoms with Gasteiger partial charge in [-0.15, -0.1) is 0 Å². The van der Waals surface area contributed by atoms with Crippen LogP contribution in [0.1, 0.15) is 187 Å². The summed E-state index contributed by atoms with van der Waals surface area (Å²) in [4.78, 5) is 3.74. The third-order valence-corrected chi connectivity index (χ3v) is 7.36. The molecule has 0 aromatic carbocycles. The Morgan fingerprint density at radius 3 is 0.914 bits per heavy atom. The third-order valence-electron chi connectivity index (χ3n) is 7.36. The van der Waals surface area contributed by atoms with Crippen LogP contribution in [0.2, 0.25) is 0 Å². The van der Waals surface area contributed by atoms with Crippen LogP contribution >= 0.6 is 0 Å². The smallest absolute Gasteiger partial charge is 0.188 e. The van der Waals surface area contributed by atoms with E-state index in [1.54, 1.807) is 0 Å². The first-order valence-corrected chi connectivity index (χ1v) is 15.9. The van der Waals surface area contributed by atoms with Gasteiger partial charge < -0.3 is 16.6 Å². The predicted molar refractivity (Wildman–Crippen MR) is 157 cm³/mol. The summed E-state index contributed by atoms with van der Waals surface area (Å²) in [6.45, 7) is 2.30. The summed E-state index contributed by atoms with van der Waals surface area (Å²) >= 11 is 0. The van der Waals surface area contributed by atoms with E-state index < -0.39 is 6.23 Å². The van der Waals surface area contributed by atoms with Crippen LogP contribution in [-0.2, 0) is 0 Å². The number of aliphatic hydroxyl groups excluding tert-OH is 1. The summed E-state index contributed by atoms with van der Waals surface area (Å²) in [6, 6.07) is 0. The maximum absolute atomic E-state index is 9.56. The van der Waals surface area contributed by atoms with E-state index in [0.29, 0.717) is 6.42 Å². The number of rotatable bonds is 29. The summed E-state index contributed by atoms with van der Waals surface area (Å²) in [7, 11) is 0. The zero-order chi connectivity index (χ0) is 25.7. The Hall–Kier alpha value is -0.770. The largest absolute Gasteiger partial charge is 0.372 e. The van der Waals surface area contributed by atoms with Gasteiger partial charge in [0.05, 0.1) is 0 Å². The number of nitrogens with zero attached hydrogens (tertiary/aromatic N) is 1. The minimum atomic E-state index is -0.723. The summed E-state index contributed by atoms with van der Waals surface area (Å²) in [5, 5.41) is 9.56. The van der Waals surface area contributed by atoms with Crippen molar-refractivity contribution >= 4 is 5.96 Å². The van der Waals surface area contributed by atoms with Crippen molar-refractivity contribution in [1.29, 1.82) is 0 Å². The number of hydrogen-bond acceptors (Lipinski definition) is 2. The molecular weight excluding hydrogens is 430 g/mol. The Morgan fingerprint density at radius 1 is 0.457 bits per heavy atom. The van der Waals surface area contributed by atoms with Crippen LogP contribution in [-0.4, -0.2) is 17.3 Å². The van der Waals surface area contributed by atoms with Gasteiger partial charge in [0.25, 0.3) is 0 Å². The molecule has 4 heteroatoms. The van der Waals surface area contributed by atoms with E-state index in [-0.39, 0.29) is 5.96 Å². The fraction of sp³-hybridized carbons (Fsp3) is 0.968. The van der Waals surface area contributed by atoms with Gasteiger partial charge in [-0.2, -0.15) is 0 Å². The lowest BCUT2D eigenvalue weighted by Crippen LogP contribution is -2.25. The minimum absolute atomic E-state index is 0.0254. The van der Waals surface area contributed by atoms with E-state index in [0.717, 1.165) is 12.8 Å². The van der Waals surface area contributed by atoms with E-state index in [1.165, 1.54) is 161 Å². The number of unbranched alkanes of at least 4 members (excludes halogenated alkanes) is 26. The first kappa shape index (κ1) is 34.2. The number of hydrogen-bond donors (Lipinski definition) is 3. The summed E-state index contributed by atoms with van der Waals surface area (Å²) in [6.07, 6.45) is 37.9. The SMILES string of the molecule is CCCCCCCCCCCCCCCCCCCCCCCCCCCCCC(O)N=C(N)N. The summed E-state index contributed by atoms with van der Waals surface area (Å²) in [5.74, 6) is -0.0254. The van der Waals surface area contributed by atoms with E-state index in [2.05, 4.69) is 11.9 Å². The van der Waals surface area contributed by atoms with E-state index in [1.807, 2.05) is 0 Å². The second kappa shape index (κ2) is 29.5. The monoisotopic (exact) mass is 496 g/mol. The lowest BCUT2D eigenvalue weighted by molar-refractivity contribution is 0.170. The highest BCUT2D eigenvalue weighted by Crippen LogP contribution is 2.16. The van der Waals surface area contributed by atoms with Gasteiger partial charge in [-0.25, -0.2) is 4.99 Å². The van der Waals surface area contributed by atoms with E-state index in [9.17, 15) is 5.11 Å². The van der Waals surface area contributed by atoms with Crippen LogP contribution in [0, 0.1) is 0 Å². The van der Waals surface area contributed by atoms with Crippen molar-refractivity contribution in [2.75, 3.05) is 0 Å². The minimum Gasteiger partial charge on any atom is -0.372 e. The molecule has 0 radical (unpaired) electrons. The fourth-order valence-corrected chi connectivity index (χ4v) is 5.06. The molecular formula is C31H65N3O. The van der Waals surface area contributed by atoms with Crippen molar-refractivity contribution in [3.8, 4) is 0 Å². The van der Waals surface area contributed by atoms with Crippen LogP contribution in [0.25, 0.3) is 0 Å². The van der Waals surface area contributed by atoms with Crippen molar-refractivity contribution < 1.29 is 5.11 Å². The molecule has 0 aromatic heterocycles. The molecule has 0 amide bonds. The molecule has 5 N–H and O–H groups in total. The maximum atomic E-state index is 9.56. The fourth-order valence-electron chi connectivity index (χ4n) is 5.06. The molecule has 0 saturated carbocycles.